The molecule has 0 atom stereocenters. The van der Waals surface area contributed by atoms with Crippen LogP contribution >= 0.6 is 11.5 Å². The summed E-state index contributed by atoms with van der Waals surface area (Å²) in [5.74, 6) is 0.155. The summed E-state index contributed by atoms with van der Waals surface area (Å²) in [5, 5.41) is 3.51. The lowest BCUT2D eigenvalue weighted by molar-refractivity contribution is 0.0964. The topological polar surface area (TPSA) is 71.2 Å². The molecule has 1 amide bonds. The molecule has 5 nitrogen and oxygen atoms in total. The van der Waals surface area contributed by atoms with Crippen molar-refractivity contribution in [2.45, 2.75) is 46.1 Å². The maximum absolute atomic E-state index is 11.9. The van der Waals surface area contributed by atoms with Gasteiger partial charge in [-0.25, -0.2) is 0 Å². The summed E-state index contributed by atoms with van der Waals surface area (Å²) in [4.78, 5) is 14.1. The van der Waals surface area contributed by atoms with Crippen molar-refractivity contribution in [3.8, 4) is 0 Å². The number of hydrogen-bond donors (Lipinski definition) is 2. The second kappa shape index (κ2) is 7.33. The van der Waals surface area contributed by atoms with E-state index in [4.69, 9.17) is 5.73 Å². The van der Waals surface area contributed by atoms with Gasteiger partial charge in [0, 0.05) is 19.6 Å². The number of aromatic nitrogens is 1. The number of nitrogens with one attached hydrogen (secondary N) is 1. The van der Waals surface area contributed by atoms with Gasteiger partial charge in [0.05, 0.1) is 0 Å². The van der Waals surface area contributed by atoms with Crippen LogP contribution in [0.1, 0.15) is 50.4 Å². The molecular formula is C13H24N4OS. The predicted octanol–water partition coefficient (Wildman–Crippen LogP) is 2.49. The molecule has 19 heavy (non-hydrogen) atoms. The number of amides is 1. The van der Waals surface area contributed by atoms with Crippen molar-refractivity contribution in [2.75, 3.05) is 24.2 Å². The largest absolute Gasteiger partial charge is 0.382 e. The highest BCUT2D eigenvalue weighted by molar-refractivity contribution is 7.11. The molecule has 0 radical (unpaired) electrons. The number of nitrogens with zero attached hydrogens (tertiary/aromatic N) is 2. The van der Waals surface area contributed by atoms with Crippen LogP contribution in [-0.4, -0.2) is 29.9 Å². The van der Waals surface area contributed by atoms with Gasteiger partial charge in [-0.1, -0.05) is 19.8 Å². The Morgan fingerprint density at radius 1 is 1.47 bits per heavy atom. The Labute approximate surface area is 119 Å². The first-order chi connectivity index (χ1) is 9.02. The molecule has 0 unspecified atom stereocenters. The maximum Gasteiger partial charge on any atom is 0.257 e. The minimum Gasteiger partial charge on any atom is -0.382 e. The summed E-state index contributed by atoms with van der Waals surface area (Å²) in [7, 11) is 1.61. The van der Waals surface area contributed by atoms with Crippen LogP contribution < -0.4 is 16.0 Å². The zero-order chi connectivity index (χ0) is 14.4. The number of anilines is 2. The number of rotatable bonds is 7. The van der Waals surface area contributed by atoms with Crippen LogP contribution in [-0.2, 0) is 0 Å². The van der Waals surface area contributed by atoms with Gasteiger partial charge < -0.3 is 16.0 Å². The van der Waals surface area contributed by atoms with E-state index in [1.165, 1.54) is 24.4 Å². The number of nitrogens with two attached hydrogens (primary N) is 1. The lowest BCUT2D eigenvalue weighted by Crippen LogP contribution is -2.33. The quantitative estimate of drug-likeness (QED) is 0.755. The smallest absolute Gasteiger partial charge is 0.257 e. The van der Waals surface area contributed by atoms with E-state index < -0.39 is 0 Å². The minimum atomic E-state index is -0.164. The number of carbonyl (C=O) groups is 1. The molecule has 0 bridgehead atoms. The summed E-state index contributed by atoms with van der Waals surface area (Å²) in [6.45, 7) is 7.35. The van der Waals surface area contributed by atoms with E-state index in [2.05, 4.69) is 35.4 Å². The average molecular weight is 284 g/mol. The molecule has 6 heteroatoms. The van der Waals surface area contributed by atoms with Crippen molar-refractivity contribution in [3.05, 3.63) is 5.56 Å². The zero-order valence-electron chi connectivity index (χ0n) is 12.2. The molecule has 108 valence electrons. The van der Waals surface area contributed by atoms with Gasteiger partial charge in [0.2, 0.25) is 0 Å². The number of hydrogen-bond acceptors (Lipinski definition) is 5. The maximum atomic E-state index is 11.9. The van der Waals surface area contributed by atoms with Crippen LogP contribution in [0.2, 0.25) is 0 Å². The van der Waals surface area contributed by atoms with Crippen molar-refractivity contribution >= 4 is 28.3 Å². The first kappa shape index (κ1) is 15.8. The average Bonchev–Trinajstić information content (AvgIpc) is 2.75. The van der Waals surface area contributed by atoms with Gasteiger partial charge in [-0.2, -0.15) is 4.37 Å². The van der Waals surface area contributed by atoms with Crippen molar-refractivity contribution in [1.82, 2.24) is 9.69 Å². The molecule has 1 aromatic heterocycles. The molecule has 0 saturated heterocycles. The van der Waals surface area contributed by atoms with Crippen LogP contribution in [0.5, 0.6) is 0 Å². The first-order valence-electron chi connectivity index (χ1n) is 6.76. The Kier molecular flexibility index (Phi) is 6.08. The van der Waals surface area contributed by atoms with Crippen LogP contribution in [0.25, 0.3) is 0 Å². The van der Waals surface area contributed by atoms with Crippen molar-refractivity contribution in [3.63, 3.8) is 0 Å². The van der Waals surface area contributed by atoms with Gasteiger partial charge in [-0.05, 0) is 31.8 Å². The molecule has 0 aliphatic heterocycles. The fraction of sp³-hybridized carbons (Fsp3) is 0.692. The summed E-state index contributed by atoms with van der Waals surface area (Å²) < 4.78 is 4.13. The Morgan fingerprint density at radius 3 is 2.68 bits per heavy atom. The van der Waals surface area contributed by atoms with Crippen LogP contribution in [0.3, 0.4) is 0 Å². The van der Waals surface area contributed by atoms with E-state index in [-0.39, 0.29) is 5.91 Å². The Balaban J connectivity index is 2.99. The lowest BCUT2D eigenvalue weighted by atomic mass is 10.2. The Hall–Kier alpha value is -1.30. The minimum absolute atomic E-state index is 0.164. The summed E-state index contributed by atoms with van der Waals surface area (Å²) in [6, 6.07) is 0.320. The summed E-state index contributed by atoms with van der Waals surface area (Å²) in [6.07, 6.45) is 3.48. The molecule has 1 rings (SSSR count). The Morgan fingerprint density at radius 2 is 2.16 bits per heavy atom. The molecular weight excluding hydrogens is 260 g/mol. The zero-order valence-corrected chi connectivity index (χ0v) is 13.0. The van der Waals surface area contributed by atoms with E-state index >= 15 is 0 Å². The molecule has 0 aromatic carbocycles. The highest BCUT2D eigenvalue weighted by Crippen LogP contribution is 2.32. The normalized spacial score (nSPS) is 10.8. The molecule has 1 aromatic rings. The van der Waals surface area contributed by atoms with Gasteiger partial charge >= 0.3 is 0 Å². The number of carbonyl (C=O) groups excluding carboxylic acids is 1. The molecule has 0 aliphatic carbocycles. The third-order valence-corrected chi connectivity index (χ3v) is 3.94. The van der Waals surface area contributed by atoms with Crippen LogP contribution in [0.15, 0.2) is 0 Å². The van der Waals surface area contributed by atoms with Crippen molar-refractivity contribution < 1.29 is 4.79 Å². The third-order valence-electron chi connectivity index (χ3n) is 3.04. The predicted molar refractivity (Wildman–Crippen MR) is 81.9 cm³/mol. The van der Waals surface area contributed by atoms with Crippen LogP contribution in [0, 0.1) is 0 Å². The van der Waals surface area contributed by atoms with Gasteiger partial charge in [-0.3, -0.25) is 4.79 Å². The van der Waals surface area contributed by atoms with E-state index in [9.17, 15) is 4.79 Å². The fourth-order valence-corrected chi connectivity index (χ4v) is 2.93. The molecule has 3 N–H and O–H groups in total. The third kappa shape index (κ3) is 3.83. The van der Waals surface area contributed by atoms with Crippen molar-refractivity contribution in [1.29, 1.82) is 0 Å². The van der Waals surface area contributed by atoms with Gasteiger partial charge in [0.15, 0.2) is 5.82 Å². The highest BCUT2D eigenvalue weighted by Gasteiger charge is 2.24. The van der Waals surface area contributed by atoms with Crippen LogP contribution in [0.4, 0.5) is 10.8 Å². The summed E-state index contributed by atoms with van der Waals surface area (Å²) in [5.41, 5.74) is 6.33. The van der Waals surface area contributed by atoms with E-state index in [1.54, 1.807) is 7.05 Å². The second-order valence-electron chi connectivity index (χ2n) is 4.82. The second-order valence-corrected chi connectivity index (χ2v) is 5.57. The molecule has 1 heterocycles. The Bertz CT molecular complexity index is 417. The SMILES string of the molecule is CCCCCN(c1snc(N)c1C(=O)NC)C(C)C. The highest BCUT2D eigenvalue weighted by atomic mass is 32.1. The van der Waals surface area contributed by atoms with Gasteiger partial charge in [0.25, 0.3) is 5.91 Å². The van der Waals surface area contributed by atoms with Gasteiger partial charge in [0.1, 0.15) is 10.6 Å². The molecule has 0 aliphatic rings. The monoisotopic (exact) mass is 284 g/mol. The fourth-order valence-electron chi connectivity index (χ4n) is 1.95. The van der Waals surface area contributed by atoms with E-state index in [0.717, 1.165) is 18.0 Å². The lowest BCUT2D eigenvalue weighted by Gasteiger charge is -2.28. The van der Waals surface area contributed by atoms with E-state index in [0.29, 0.717) is 17.4 Å². The standard InChI is InChI=1S/C13H24N4OS/c1-5-6-7-8-17(9(2)3)13-10(12(18)15-4)11(14)16-19-13/h9H,5-8H2,1-4H3,(H2,14,16)(H,15,18). The molecule has 0 saturated carbocycles. The molecule has 0 spiro atoms. The summed E-state index contributed by atoms with van der Waals surface area (Å²) >= 11 is 1.30. The first-order valence-corrected chi connectivity index (χ1v) is 7.54. The number of nitrogen functional groups attached to an aromatic ring is 1. The van der Waals surface area contributed by atoms with E-state index in [1.807, 2.05) is 0 Å². The molecule has 0 fully saturated rings. The van der Waals surface area contributed by atoms with Crippen molar-refractivity contribution in [2.24, 2.45) is 0 Å². The number of unbranched alkanes of at least 4 members (excludes halogenated alkanes) is 2. The van der Waals surface area contributed by atoms with Gasteiger partial charge in [-0.15, -0.1) is 0 Å².